The van der Waals surface area contributed by atoms with Crippen LogP contribution in [0.2, 0.25) is 0 Å². The second-order valence-electron chi connectivity index (χ2n) is 6.82. The van der Waals surface area contributed by atoms with Crippen molar-refractivity contribution < 1.29 is 19.1 Å². The molecule has 28 heavy (non-hydrogen) atoms. The van der Waals surface area contributed by atoms with E-state index in [1.165, 1.54) is 4.90 Å². The molecule has 1 unspecified atom stereocenters. The molecular formula is C22H22N2O4. The number of amides is 2. The molecule has 6 nitrogen and oxygen atoms in total. The number of nitrogens with one attached hydrogen (secondary N) is 1. The number of para-hydroxylation sites is 2. The summed E-state index contributed by atoms with van der Waals surface area (Å²) in [6, 6.07) is 16.7. The lowest BCUT2D eigenvalue weighted by Gasteiger charge is -2.30. The van der Waals surface area contributed by atoms with E-state index in [1.54, 1.807) is 18.2 Å². The molecule has 2 aromatic carbocycles. The van der Waals surface area contributed by atoms with Gasteiger partial charge in [0.2, 0.25) is 5.91 Å². The second-order valence-corrected chi connectivity index (χ2v) is 6.82. The Labute approximate surface area is 163 Å². The van der Waals surface area contributed by atoms with E-state index in [0.29, 0.717) is 18.0 Å². The minimum Gasteiger partial charge on any atom is -0.449 e. The summed E-state index contributed by atoms with van der Waals surface area (Å²) < 4.78 is 11.3. The molecule has 1 saturated heterocycles. The molecule has 0 aromatic heterocycles. The summed E-state index contributed by atoms with van der Waals surface area (Å²) >= 11 is 0. The van der Waals surface area contributed by atoms with E-state index in [4.69, 9.17) is 9.47 Å². The monoisotopic (exact) mass is 378 g/mol. The topological polar surface area (TPSA) is 67.9 Å². The maximum atomic E-state index is 13.0. The fraction of sp³-hybridized carbons (Fsp3) is 0.273. The molecule has 2 heterocycles. The Morgan fingerprint density at radius 1 is 1.14 bits per heavy atom. The second kappa shape index (κ2) is 8.27. The van der Waals surface area contributed by atoms with Crippen LogP contribution in [-0.2, 0) is 14.3 Å². The van der Waals surface area contributed by atoms with Gasteiger partial charge in [-0.25, -0.2) is 0 Å². The Morgan fingerprint density at radius 3 is 2.71 bits per heavy atom. The smallest absolute Gasteiger partial charge is 0.294 e. The minimum absolute atomic E-state index is 0.0603. The van der Waals surface area contributed by atoms with Crippen molar-refractivity contribution in [2.24, 2.45) is 0 Å². The van der Waals surface area contributed by atoms with E-state index in [1.807, 2.05) is 42.5 Å². The van der Waals surface area contributed by atoms with E-state index in [-0.39, 0.29) is 30.2 Å². The molecule has 6 heteroatoms. The molecule has 0 bridgehead atoms. The van der Waals surface area contributed by atoms with Crippen LogP contribution < -0.4 is 15.0 Å². The summed E-state index contributed by atoms with van der Waals surface area (Å²) in [5, 5.41) is 2.87. The van der Waals surface area contributed by atoms with Crippen LogP contribution in [-0.4, -0.2) is 37.6 Å². The molecule has 0 spiro atoms. The number of anilines is 1. The largest absolute Gasteiger partial charge is 0.449 e. The van der Waals surface area contributed by atoms with E-state index < -0.39 is 0 Å². The molecule has 0 radical (unpaired) electrons. The van der Waals surface area contributed by atoms with Gasteiger partial charge in [0.1, 0.15) is 6.54 Å². The first-order valence-electron chi connectivity index (χ1n) is 9.44. The van der Waals surface area contributed by atoms with Crippen molar-refractivity contribution in [3.63, 3.8) is 0 Å². The summed E-state index contributed by atoms with van der Waals surface area (Å²) in [6.07, 6.45) is 3.72. The van der Waals surface area contributed by atoms with Gasteiger partial charge in [0, 0.05) is 13.2 Å². The molecule has 2 aliphatic rings. The number of nitrogens with zero attached hydrogens (tertiary/aromatic N) is 1. The summed E-state index contributed by atoms with van der Waals surface area (Å²) in [5.41, 5.74) is 1.44. The van der Waals surface area contributed by atoms with E-state index >= 15 is 0 Å². The van der Waals surface area contributed by atoms with Crippen molar-refractivity contribution >= 4 is 23.6 Å². The zero-order valence-electron chi connectivity index (χ0n) is 15.5. The van der Waals surface area contributed by atoms with Gasteiger partial charge in [0.25, 0.3) is 5.91 Å². The number of fused-ring (bicyclic) bond motifs is 1. The van der Waals surface area contributed by atoms with Crippen LogP contribution in [0.25, 0.3) is 6.08 Å². The van der Waals surface area contributed by atoms with Crippen molar-refractivity contribution in [1.82, 2.24) is 5.32 Å². The average Bonchev–Trinajstić information content (AvgIpc) is 3.24. The Morgan fingerprint density at radius 2 is 1.93 bits per heavy atom. The number of carbonyl (C=O) groups is 2. The highest BCUT2D eigenvalue weighted by molar-refractivity contribution is 6.12. The number of rotatable bonds is 5. The first-order chi connectivity index (χ1) is 13.7. The lowest BCUT2D eigenvalue weighted by Crippen LogP contribution is -2.45. The normalized spacial score (nSPS) is 20.0. The molecule has 4 rings (SSSR count). The predicted molar refractivity (Wildman–Crippen MR) is 106 cm³/mol. The number of hydrogen-bond donors (Lipinski definition) is 1. The van der Waals surface area contributed by atoms with Crippen molar-refractivity contribution in [3.8, 4) is 5.75 Å². The average molecular weight is 378 g/mol. The van der Waals surface area contributed by atoms with Crippen LogP contribution in [0.15, 0.2) is 60.4 Å². The number of benzene rings is 2. The predicted octanol–water partition coefficient (Wildman–Crippen LogP) is 2.75. The van der Waals surface area contributed by atoms with E-state index in [9.17, 15) is 9.59 Å². The zero-order valence-corrected chi connectivity index (χ0v) is 15.5. The van der Waals surface area contributed by atoms with Gasteiger partial charge in [-0.3, -0.25) is 14.5 Å². The molecule has 1 fully saturated rings. The number of carbonyl (C=O) groups excluding carboxylic acids is 2. The fourth-order valence-electron chi connectivity index (χ4n) is 3.35. The summed E-state index contributed by atoms with van der Waals surface area (Å²) in [5.74, 6) is 0.183. The Balaban J connectivity index is 1.53. The molecule has 2 aromatic rings. The van der Waals surface area contributed by atoms with Crippen molar-refractivity contribution in [3.05, 3.63) is 65.9 Å². The van der Waals surface area contributed by atoms with Gasteiger partial charge in [-0.2, -0.15) is 0 Å². The maximum absolute atomic E-state index is 13.0. The number of hydrogen-bond acceptors (Lipinski definition) is 4. The molecular weight excluding hydrogens is 356 g/mol. The van der Waals surface area contributed by atoms with Crippen molar-refractivity contribution in [2.75, 3.05) is 24.6 Å². The molecule has 144 valence electrons. The summed E-state index contributed by atoms with van der Waals surface area (Å²) in [7, 11) is 0. The summed E-state index contributed by atoms with van der Waals surface area (Å²) in [6.45, 7) is 1.13. The van der Waals surface area contributed by atoms with E-state index in [2.05, 4.69) is 5.32 Å². The molecule has 1 atom stereocenters. The van der Waals surface area contributed by atoms with Crippen LogP contribution in [0.1, 0.15) is 18.4 Å². The molecule has 2 amide bonds. The first kappa shape index (κ1) is 18.3. The fourth-order valence-corrected chi connectivity index (χ4v) is 3.35. The lowest BCUT2D eigenvalue weighted by atomic mass is 10.1. The van der Waals surface area contributed by atoms with Crippen LogP contribution in [0, 0.1) is 0 Å². The van der Waals surface area contributed by atoms with Crippen LogP contribution >= 0.6 is 0 Å². The van der Waals surface area contributed by atoms with Crippen LogP contribution in [0.3, 0.4) is 0 Å². The quantitative estimate of drug-likeness (QED) is 0.813. The van der Waals surface area contributed by atoms with Crippen molar-refractivity contribution in [1.29, 1.82) is 0 Å². The molecule has 2 aliphatic heterocycles. The van der Waals surface area contributed by atoms with Gasteiger partial charge in [-0.05, 0) is 36.6 Å². The Bertz CT molecular complexity index is 888. The highest BCUT2D eigenvalue weighted by Crippen LogP contribution is 2.35. The highest BCUT2D eigenvalue weighted by Gasteiger charge is 2.31. The Kier molecular flexibility index (Phi) is 5.39. The molecule has 0 saturated carbocycles. The number of ether oxygens (including phenoxy) is 2. The van der Waals surface area contributed by atoms with Gasteiger partial charge >= 0.3 is 0 Å². The van der Waals surface area contributed by atoms with Crippen molar-refractivity contribution in [2.45, 2.75) is 18.9 Å². The van der Waals surface area contributed by atoms with Gasteiger partial charge in [0.15, 0.2) is 11.5 Å². The zero-order chi connectivity index (χ0) is 19.3. The summed E-state index contributed by atoms with van der Waals surface area (Å²) in [4.78, 5) is 26.9. The minimum atomic E-state index is -0.338. The van der Waals surface area contributed by atoms with Gasteiger partial charge < -0.3 is 14.8 Å². The van der Waals surface area contributed by atoms with Gasteiger partial charge in [-0.15, -0.1) is 0 Å². The van der Waals surface area contributed by atoms with Gasteiger partial charge in [-0.1, -0.05) is 42.5 Å². The third-order valence-corrected chi connectivity index (χ3v) is 4.78. The van der Waals surface area contributed by atoms with Crippen LogP contribution in [0.5, 0.6) is 5.75 Å². The van der Waals surface area contributed by atoms with Gasteiger partial charge in [0.05, 0.1) is 11.8 Å². The van der Waals surface area contributed by atoms with E-state index in [0.717, 1.165) is 25.0 Å². The third kappa shape index (κ3) is 4.07. The highest BCUT2D eigenvalue weighted by atomic mass is 16.5. The first-order valence-corrected chi connectivity index (χ1v) is 9.44. The molecule has 1 N–H and O–H groups in total. The molecule has 0 aliphatic carbocycles. The maximum Gasteiger partial charge on any atom is 0.294 e. The Hall–Kier alpha value is -3.12. The van der Waals surface area contributed by atoms with Crippen LogP contribution in [0.4, 0.5) is 5.69 Å². The third-order valence-electron chi connectivity index (χ3n) is 4.78. The standard InChI is InChI=1S/C22H22N2O4/c25-21(23-14-17-9-6-12-27-17)15-24-18-10-4-5-11-19(18)28-20(22(24)26)13-16-7-2-1-3-8-16/h1-5,7-8,10-11,13,17H,6,9,12,14-15H2,(H,23,25). The SMILES string of the molecule is O=C(CN1C(=O)C(=Cc2ccccc2)Oc2ccccc21)NCC1CCCO1. The lowest BCUT2D eigenvalue weighted by molar-refractivity contribution is -0.123.